The third-order valence-electron chi connectivity index (χ3n) is 3.91. The van der Waals surface area contributed by atoms with Crippen LogP contribution in [0.5, 0.6) is 17.4 Å². The molecule has 0 saturated heterocycles. The number of hydrogen-bond acceptors (Lipinski definition) is 7. The summed E-state index contributed by atoms with van der Waals surface area (Å²) in [5.41, 5.74) is 1.45. The highest BCUT2D eigenvalue weighted by Crippen LogP contribution is 2.27. The van der Waals surface area contributed by atoms with E-state index in [0.29, 0.717) is 29.1 Å². The molecule has 26 heavy (non-hydrogen) atoms. The zero-order chi connectivity index (χ0) is 18.7. The Balaban J connectivity index is 2.03. The van der Waals surface area contributed by atoms with Crippen molar-refractivity contribution >= 4 is 17.0 Å². The van der Waals surface area contributed by atoms with Crippen molar-refractivity contribution in [3.63, 3.8) is 0 Å². The Kier molecular flexibility index (Phi) is 4.92. The standard InChI is InChI=1S/C18H19N3O5/c1-4-26-18(23)13-8-16(22)20-17-14(13)9-19-21(17)10-11-5-6-12(24-2)7-15(11)25-3/h5-9H,4,10H2,1-3H3,(H,20,22). The molecule has 0 bridgehead atoms. The zero-order valence-corrected chi connectivity index (χ0v) is 14.7. The summed E-state index contributed by atoms with van der Waals surface area (Å²) < 4.78 is 17.2. The molecule has 0 radical (unpaired) electrons. The van der Waals surface area contributed by atoms with Gasteiger partial charge in [0.25, 0.3) is 0 Å². The van der Waals surface area contributed by atoms with Crippen LogP contribution < -0.4 is 9.47 Å². The van der Waals surface area contributed by atoms with Crippen LogP contribution in [0.4, 0.5) is 0 Å². The number of pyridine rings is 1. The zero-order valence-electron chi connectivity index (χ0n) is 14.7. The summed E-state index contributed by atoms with van der Waals surface area (Å²) in [6, 6.07) is 6.73. The van der Waals surface area contributed by atoms with Crippen LogP contribution in [0, 0.1) is 0 Å². The highest BCUT2D eigenvalue weighted by Gasteiger charge is 2.18. The number of hydrogen-bond donors (Lipinski definition) is 1. The van der Waals surface area contributed by atoms with E-state index in [0.717, 1.165) is 5.56 Å². The van der Waals surface area contributed by atoms with Gasteiger partial charge in [-0.1, -0.05) is 0 Å². The molecule has 1 N–H and O–H groups in total. The molecular formula is C18H19N3O5. The minimum Gasteiger partial charge on any atom is -0.497 e. The van der Waals surface area contributed by atoms with E-state index >= 15 is 0 Å². The summed E-state index contributed by atoms with van der Waals surface area (Å²) in [5, 5.41) is 14.7. The fraction of sp³-hybridized carbons (Fsp3) is 0.278. The maximum atomic E-state index is 12.1. The Morgan fingerprint density at radius 2 is 2.04 bits per heavy atom. The number of nitrogens with zero attached hydrogens (tertiary/aromatic N) is 3. The van der Waals surface area contributed by atoms with Gasteiger partial charge in [0.1, 0.15) is 11.5 Å². The van der Waals surface area contributed by atoms with Crippen molar-refractivity contribution < 1.29 is 24.1 Å². The van der Waals surface area contributed by atoms with Gasteiger partial charge in [0.05, 0.1) is 44.5 Å². The SMILES string of the molecule is CCOC(=O)c1cc(O)nc2c1cnn2Cc1ccc(OC)cc1OC. The molecule has 0 saturated carbocycles. The summed E-state index contributed by atoms with van der Waals surface area (Å²) in [5.74, 6) is 0.510. The molecule has 3 rings (SSSR count). The van der Waals surface area contributed by atoms with Gasteiger partial charge < -0.3 is 19.3 Å². The summed E-state index contributed by atoms with van der Waals surface area (Å²) in [7, 11) is 3.15. The lowest BCUT2D eigenvalue weighted by molar-refractivity contribution is 0.0528. The molecule has 0 aliphatic rings. The number of benzene rings is 1. The summed E-state index contributed by atoms with van der Waals surface area (Å²) in [6.45, 7) is 2.30. The smallest absolute Gasteiger partial charge is 0.339 e. The number of rotatable bonds is 6. The average Bonchev–Trinajstić information content (AvgIpc) is 3.04. The Bertz CT molecular complexity index is 951. The van der Waals surface area contributed by atoms with Gasteiger partial charge in [-0.05, 0) is 19.1 Å². The van der Waals surface area contributed by atoms with Crippen molar-refractivity contribution in [2.45, 2.75) is 13.5 Å². The Morgan fingerprint density at radius 1 is 1.23 bits per heavy atom. The highest BCUT2D eigenvalue weighted by atomic mass is 16.5. The van der Waals surface area contributed by atoms with E-state index in [4.69, 9.17) is 14.2 Å². The third kappa shape index (κ3) is 3.26. The van der Waals surface area contributed by atoms with Crippen LogP contribution >= 0.6 is 0 Å². The first-order chi connectivity index (χ1) is 12.6. The Labute approximate surface area is 149 Å². The lowest BCUT2D eigenvalue weighted by Crippen LogP contribution is -2.07. The highest BCUT2D eigenvalue weighted by molar-refractivity contribution is 6.02. The number of carbonyl (C=O) groups is 1. The van der Waals surface area contributed by atoms with Gasteiger partial charge in [-0.2, -0.15) is 10.1 Å². The second-order valence-corrected chi connectivity index (χ2v) is 5.47. The van der Waals surface area contributed by atoms with Gasteiger partial charge >= 0.3 is 5.97 Å². The van der Waals surface area contributed by atoms with Crippen LogP contribution in [0.15, 0.2) is 30.5 Å². The van der Waals surface area contributed by atoms with Gasteiger partial charge in [-0.3, -0.25) is 0 Å². The molecule has 0 unspecified atom stereocenters. The summed E-state index contributed by atoms with van der Waals surface area (Å²) >= 11 is 0. The van der Waals surface area contributed by atoms with E-state index in [9.17, 15) is 9.90 Å². The third-order valence-corrected chi connectivity index (χ3v) is 3.91. The number of ether oxygens (including phenoxy) is 3. The molecule has 8 nitrogen and oxygen atoms in total. The second kappa shape index (κ2) is 7.30. The molecule has 136 valence electrons. The Hall–Kier alpha value is -3.29. The number of methoxy groups -OCH3 is 2. The van der Waals surface area contributed by atoms with Crippen LogP contribution in [0.1, 0.15) is 22.8 Å². The Morgan fingerprint density at radius 3 is 2.73 bits per heavy atom. The van der Waals surface area contributed by atoms with E-state index in [1.807, 2.05) is 12.1 Å². The molecule has 8 heteroatoms. The first kappa shape index (κ1) is 17.5. The quantitative estimate of drug-likeness (QED) is 0.677. The second-order valence-electron chi connectivity index (χ2n) is 5.47. The molecule has 0 atom stereocenters. The molecule has 2 aromatic heterocycles. The molecule has 0 aliphatic heterocycles. The normalized spacial score (nSPS) is 10.7. The fourth-order valence-corrected chi connectivity index (χ4v) is 2.67. The number of aromatic hydroxyl groups is 1. The van der Waals surface area contributed by atoms with E-state index in [1.54, 1.807) is 31.9 Å². The van der Waals surface area contributed by atoms with Crippen LogP contribution in [-0.4, -0.2) is 46.7 Å². The van der Waals surface area contributed by atoms with E-state index in [2.05, 4.69) is 10.1 Å². The van der Waals surface area contributed by atoms with Crippen LogP contribution in [0.25, 0.3) is 11.0 Å². The van der Waals surface area contributed by atoms with Crippen LogP contribution in [0.3, 0.4) is 0 Å². The lowest BCUT2D eigenvalue weighted by atomic mass is 10.1. The largest absolute Gasteiger partial charge is 0.497 e. The number of esters is 1. The molecule has 0 aliphatic carbocycles. The van der Waals surface area contributed by atoms with E-state index < -0.39 is 5.97 Å². The number of aromatic nitrogens is 3. The predicted molar refractivity (Wildman–Crippen MR) is 93.8 cm³/mol. The molecule has 2 heterocycles. The minimum atomic E-state index is -0.531. The molecule has 0 fully saturated rings. The number of fused-ring (bicyclic) bond motifs is 1. The van der Waals surface area contributed by atoms with Crippen molar-refractivity contribution in [1.82, 2.24) is 14.8 Å². The van der Waals surface area contributed by atoms with Crippen molar-refractivity contribution in [3.8, 4) is 17.4 Å². The molecule has 0 amide bonds. The van der Waals surface area contributed by atoms with Crippen LogP contribution in [-0.2, 0) is 11.3 Å². The molecule has 0 spiro atoms. The van der Waals surface area contributed by atoms with Gasteiger partial charge in [0, 0.05) is 17.7 Å². The number of carbonyl (C=O) groups excluding carboxylic acids is 1. The summed E-state index contributed by atoms with van der Waals surface area (Å²) in [6.07, 6.45) is 1.53. The van der Waals surface area contributed by atoms with Crippen molar-refractivity contribution in [2.24, 2.45) is 0 Å². The van der Waals surface area contributed by atoms with E-state index in [1.165, 1.54) is 12.3 Å². The van der Waals surface area contributed by atoms with Gasteiger partial charge in [-0.15, -0.1) is 0 Å². The van der Waals surface area contributed by atoms with Gasteiger partial charge in [0.2, 0.25) is 5.88 Å². The fourth-order valence-electron chi connectivity index (χ4n) is 2.67. The van der Waals surface area contributed by atoms with Crippen molar-refractivity contribution in [2.75, 3.05) is 20.8 Å². The lowest BCUT2D eigenvalue weighted by Gasteiger charge is -2.11. The van der Waals surface area contributed by atoms with Crippen molar-refractivity contribution in [1.29, 1.82) is 0 Å². The van der Waals surface area contributed by atoms with Crippen molar-refractivity contribution in [3.05, 3.63) is 41.6 Å². The maximum Gasteiger partial charge on any atom is 0.339 e. The first-order valence-electron chi connectivity index (χ1n) is 8.01. The first-order valence-corrected chi connectivity index (χ1v) is 8.01. The maximum absolute atomic E-state index is 12.1. The summed E-state index contributed by atoms with van der Waals surface area (Å²) in [4.78, 5) is 16.2. The predicted octanol–water partition coefficient (Wildman–Crippen LogP) is 2.38. The van der Waals surface area contributed by atoms with Gasteiger partial charge in [0.15, 0.2) is 5.65 Å². The minimum absolute atomic E-state index is 0.224. The average molecular weight is 357 g/mol. The topological polar surface area (TPSA) is 95.7 Å². The molecular weight excluding hydrogens is 338 g/mol. The van der Waals surface area contributed by atoms with Gasteiger partial charge in [-0.25, -0.2) is 9.48 Å². The molecule has 3 aromatic rings. The molecule has 1 aromatic carbocycles. The monoisotopic (exact) mass is 357 g/mol. The van der Waals surface area contributed by atoms with E-state index in [-0.39, 0.29) is 18.1 Å². The van der Waals surface area contributed by atoms with Crippen LogP contribution in [0.2, 0.25) is 0 Å².